The molecule has 6 heteroatoms. The SMILES string of the molecule is COC(=O)c1cc(Cl)c2c(F)ccc(Br)c2n1. The lowest BCUT2D eigenvalue weighted by Crippen LogP contribution is -2.05. The van der Waals surface area contributed by atoms with Gasteiger partial charge in [-0.2, -0.15) is 0 Å². The topological polar surface area (TPSA) is 39.2 Å². The number of hydrogen-bond donors (Lipinski definition) is 0. The van der Waals surface area contributed by atoms with E-state index < -0.39 is 11.8 Å². The van der Waals surface area contributed by atoms with Crippen LogP contribution in [0.15, 0.2) is 22.7 Å². The molecule has 88 valence electrons. The second-order valence-electron chi connectivity index (χ2n) is 3.23. The van der Waals surface area contributed by atoms with Gasteiger partial charge in [-0.1, -0.05) is 11.6 Å². The first-order valence-corrected chi connectivity index (χ1v) is 5.74. The van der Waals surface area contributed by atoms with Gasteiger partial charge in [0.05, 0.1) is 23.0 Å². The third-order valence-corrected chi connectivity index (χ3v) is 3.14. The zero-order valence-corrected chi connectivity index (χ0v) is 11.0. The number of esters is 1. The summed E-state index contributed by atoms with van der Waals surface area (Å²) < 4.78 is 18.7. The molecule has 0 fully saturated rings. The minimum atomic E-state index is -0.620. The van der Waals surface area contributed by atoms with E-state index >= 15 is 0 Å². The Morgan fingerprint density at radius 2 is 2.24 bits per heavy atom. The van der Waals surface area contributed by atoms with Gasteiger partial charge in [-0.05, 0) is 34.1 Å². The van der Waals surface area contributed by atoms with E-state index in [4.69, 9.17) is 11.6 Å². The van der Waals surface area contributed by atoms with Gasteiger partial charge in [-0.25, -0.2) is 14.2 Å². The van der Waals surface area contributed by atoms with Gasteiger partial charge in [0.15, 0.2) is 5.69 Å². The molecule has 0 radical (unpaired) electrons. The maximum Gasteiger partial charge on any atom is 0.356 e. The number of rotatable bonds is 1. The Balaban J connectivity index is 2.82. The quantitative estimate of drug-likeness (QED) is 0.755. The first-order valence-electron chi connectivity index (χ1n) is 4.57. The van der Waals surface area contributed by atoms with E-state index in [1.807, 2.05) is 0 Å². The number of methoxy groups -OCH3 is 1. The molecule has 1 heterocycles. The number of pyridine rings is 1. The molecule has 3 nitrogen and oxygen atoms in total. The molecule has 0 bridgehead atoms. The second-order valence-corrected chi connectivity index (χ2v) is 4.50. The van der Waals surface area contributed by atoms with Crippen LogP contribution in [0, 0.1) is 5.82 Å². The van der Waals surface area contributed by atoms with E-state index in [9.17, 15) is 9.18 Å². The monoisotopic (exact) mass is 317 g/mol. The predicted molar refractivity (Wildman–Crippen MR) is 65.8 cm³/mol. The molecule has 1 aromatic carbocycles. The number of ether oxygens (including phenoxy) is 1. The Morgan fingerprint density at radius 1 is 1.53 bits per heavy atom. The summed E-state index contributed by atoms with van der Waals surface area (Å²) in [6, 6.07) is 4.06. The van der Waals surface area contributed by atoms with Crippen LogP contribution >= 0.6 is 27.5 Å². The number of aromatic nitrogens is 1. The van der Waals surface area contributed by atoms with Crippen molar-refractivity contribution in [3.05, 3.63) is 39.2 Å². The highest BCUT2D eigenvalue weighted by Crippen LogP contribution is 2.30. The van der Waals surface area contributed by atoms with Crippen molar-refractivity contribution >= 4 is 44.4 Å². The molecule has 0 N–H and O–H groups in total. The minimum absolute atomic E-state index is 0.0382. The van der Waals surface area contributed by atoms with E-state index in [0.29, 0.717) is 4.47 Å². The molecule has 0 saturated carbocycles. The molecule has 0 unspecified atom stereocenters. The number of carbonyl (C=O) groups is 1. The minimum Gasteiger partial charge on any atom is -0.464 e. The highest BCUT2D eigenvalue weighted by molar-refractivity contribution is 9.10. The summed E-state index contributed by atoms with van der Waals surface area (Å²) in [4.78, 5) is 15.4. The standard InChI is InChI=1S/C11H6BrClFNO2/c1-17-11(16)8-4-6(13)9-7(14)3-2-5(12)10(9)15-8/h2-4H,1H3. The molecule has 0 aliphatic heterocycles. The molecule has 0 amide bonds. The van der Waals surface area contributed by atoms with Crippen LogP contribution < -0.4 is 0 Å². The summed E-state index contributed by atoms with van der Waals surface area (Å²) in [5.74, 6) is -1.11. The molecule has 0 saturated heterocycles. The average molecular weight is 319 g/mol. The largest absolute Gasteiger partial charge is 0.464 e. The second kappa shape index (κ2) is 4.58. The van der Waals surface area contributed by atoms with Crippen molar-refractivity contribution in [3.8, 4) is 0 Å². The fourth-order valence-electron chi connectivity index (χ4n) is 1.43. The highest BCUT2D eigenvalue weighted by atomic mass is 79.9. The van der Waals surface area contributed by atoms with Crippen molar-refractivity contribution in [2.45, 2.75) is 0 Å². The molecule has 1 aromatic heterocycles. The van der Waals surface area contributed by atoms with Crippen molar-refractivity contribution in [2.24, 2.45) is 0 Å². The molecule has 0 aliphatic carbocycles. The van der Waals surface area contributed by atoms with Crippen LogP contribution in [0.2, 0.25) is 5.02 Å². The van der Waals surface area contributed by atoms with E-state index in [1.165, 1.54) is 25.3 Å². The van der Waals surface area contributed by atoms with Gasteiger partial charge < -0.3 is 4.74 Å². The number of hydrogen-bond acceptors (Lipinski definition) is 3. The van der Waals surface area contributed by atoms with Gasteiger partial charge in [0.2, 0.25) is 0 Å². The number of fused-ring (bicyclic) bond motifs is 1. The summed E-state index contributed by atoms with van der Waals surface area (Å²) in [5, 5.41) is 0.294. The molecule has 2 rings (SSSR count). The normalized spacial score (nSPS) is 10.6. The summed E-state index contributed by atoms with van der Waals surface area (Å²) >= 11 is 9.16. The van der Waals surface area contributed by atoms with Gasteiger partial charge in [0.1, 0.15) is 5.82 Å². The highest BCUT2D eigenvalue weighted by Gasteiger charge is 2.15. The number of nitrogens with zero attached hydrogens (tertiary/aromatic N) is 1. The van der Waals surface area contributed by atoms with E-state index in [1.54, 1.807) is 0 Å². The van der Waals surface area contributed by atoms with Crippen molar-refractivity contribution < 1.29 is 13.9 Å². The summed E-state index contributed by atoms with van der Waals surface area (Å²) in [6.45, 7) is 0. The van der Waals surface area contributed by atoms with E-state index in [0.717, 1.165) is 0 Å². The zero-order valence-electron chi connectivity index (χ0n) is 8.63. The number of halogens is 3. The van der Waals surface area contributed by atoms with Crippen LogP contribution in [0.1, 0.15) is 10.5 Å². The third kappa shape index (κ3) is 2.12. The first kappa shape index (κ1) is 12.3. The van der Waals surface area contributed by atoms with Crippen LogP contribution in [0.25, 0.3) is 10.9 Å². The summed E-state index contributed by atoms with van der Waals surface area (Å²) in [7, 11) is 1.24. The third-order valence-electron chi connectivity index (χ3n) is 2.21. The molecule has 0 aliphatic rings. The molecule has 17 heavy (non-hydrogen) atoms. The first-order chi connectivity index (χ1) is 8.04. The maximum absolute atomic E-state index is 13.6. The Hall–Kier alpha value is -1.20. The van der Waals surface area contributed by atoms with Crippen molar-refractivity contribution in [2.75, 3.05) is 7.11 Å². The summed E-state index contributed by atoms with van der Waals surface area (Å²) in [6.07, 6.45) is 0. The van der Waals surface area contributed by atoms with Crippen molar-refractivity contribution in [3.63, 3.8) is 0 Å². The lowest BCUT2D eigenvalue weighted by molar-refractivity contribution is 0.0594. The Morgan fingerprint density at radius 3 is 2.88 bits per heavy atom. The van der Waals surface area contributed by atoms with Gasteiger partial charge in [0.25, 0.3) is 0 Å². The maximum atomic E-state index is 13.6. The Kier molecular flexibility index (Phi) is 3.31. The fourth-order valence-corrected chi connectivity index (χ4v) is 2.13. The van der Waals surface area contributed by atoms with Crippen LogP contribution in [-0.2, 0) is 4.74 Å². The number of benzene rings is 1. The van der Waals surface area contributed by atoms with Crippen LogP contribution in [0.3, 0.4) is 0 Å². The number of carbonyl (C=O) groups excluding carboxylic acids is 1. The molecule has 2 aromatic rings. The molecule has 0 atom stereocenters. The zero-order chi connectivity index (χ0) is 12.6. The molecular formula is C11H6BrClFNO2. The van der Waals surface area contributed by atoms with Crippen molar-refractivity contribution in [1.82, 2.24) is 4.98 Å². The Labute approximate surface area is 110 Å². The van der Waals surface area contributed by atoms with E-state index in [2.05, 4.69) is 25.7 Å². The lowest BCUT2D eigenvalue weighted by atomic mass is 10.2. The predicted octanol–water partition coefficient (Wildman–Crippen LogP) is 3.58. The fraction of sp³-hybridized carbons (Fsp3) is 0.0909. The smallest absolute Gasteiger partial charge is 0.356 e. The van der Waals surface area contributed by atoms with Crippen LogP contribution in [0.4, 0.5) is 4.39 Å². The lowest BCUT2D eigenvalue weighted by Gasteiger charge is -2.06. The molecule has 0 spiro atoms. The van der Waals surface area contributed by atoms with Gasteiger partial charge in [0, 0.05) is 4.47 Å². The Bertz CT molecular complexity index is 618. The van der Waals surface area contributed by atoms with Gasteiger partial charge >= 0.3 is 5.97 Å². The average Bonchev–Trinajstić information content (AvgIpc) is 2.32. The van der Waals surface area contributed by atoms with Gasteiger partial charge in [-0.15, -0.1) is 0 Å². The van der Waals surface area contributed by atoms with Crippen LogP contribution in [-0.4, -0.2) is 18.1 Å². The van der Waals surface area contributed by atoms with Crippen molar-refractivity contribution in [1.29, 1.82) is 0 Å². The summed E-state index contributed by atoms with van der Waals surface area (Å²) in [5.41, 5.74) is 0.328. The van der Waals surface area contributed by atoms with Crippen LogP contribution in [0.5, 0.6) is 0 Å². The van der Waals surface area contributed by atoms with Gasteiger partial charge in [-0.3, -0.25) is 0 Å². The van der Waals surface area contributed by atoms with E-state index in [-0.39, 0.29) is 21.6 Å². The molecular weight excluding hydrogens is 312 g/mol.